The van der Waals surface area contributed by atoms with Crippen LogP contribution in [0.15, 0.2) is 18.2 Å². The largest absolute Gasteiger partial charge is 0.504 e. The SMILES string of the molecule is CCOc1cccc(C2C(C(=O)O)C2(C)C)c1O. The number of hydrogen-bond donors (Lipinski definition) is 2. The summed E-state index contributed by atoms with van der Waals surface area (Å²) >= 11 is 0. The highest BCUT2D eigenvalue weighted by Crippen LogP contribution is 2.66. The highest BCUT2D eigenvalue weighted by molar-refractivity contribution is 5.78. The minimum atomic E-state index is -0.814. The van der Waals surface area contributed by atoms with Crippen molar-refractivity contribution in [1.29, 1.82) is 0 Å². The third-order valence-electron chi connectivity index (χ3n) is 3.76. The molecule has 2 N–H and O–H groups in total. The Balaban J connectivity index is 2.36. The van der Waals surface area contributed by atoms with Crippen molar-refractivity contribution in [1.82, 2.24) is 0 Å². The molecule has 2 atom stereocenters. The molecule has 0 bridgehead atoms. The normalized spacial score (nSPS) is 24.6. The zero-order chi connectivity index (χ0) is 13.5. The zero-order valence-electron chi connectivity index (χ0n) is 10.8. The standard InChI is InChI=1S/C14H18O4/c1-4-18-9-7-5-6-8(12(9)15)10-11(13(16)17)14(10,2)3/h5-7,10-11,15H,4H2,1-3H3,(H,16,17). The topological polar surface area (TPSA) is 66.8 Å². The number of ether oxygens (including phenoxy) is 1. The molecule has 1 aromatic rings. The average Bonchev–Trinajstić information content (AvgIpc) is 2.85. The summed E-state index contributed by atoms with van der Waals surface area (Å²) in [7, 11) is 0. The summed E-state index contributed by atoms with van der Waals surface area (Å²) in [4.78, 5) is 11.2. The quantitative estimate of drug-likeness (QED) is 0.862. The van der Waals surface area contributed by atoms with E-state index in [2.05, 4.69) is 0 Å². The van der Waals surface area contributed by atoms with E-state index < -0.39 is 11.9 Å². The van der Waals surface area contributed by atoms with Crippen LogP contribution in [0.3, 0.4) is 0 Å². The van der Waals surface area contributed by atoms with Gasteiger partial charge >= 0.3 is 5.97 Å². The second-order valence-corrected chi connectivity index (χ2v) is 5.24. The van der Waals surface area contributed by atoms with Crippen LogP contribution in [-0.2, 0) is 4.79 Å². The number of phenols is 1. The van der Waals surface area contributed by atoms with Gasteiger partial charge in [0.2, 0.25) is 0 Å². The maximum atomic E-state index is 11.2. The number of carboxylic acids is 1. The van der Waals surface area contributed by atoms with Crippen LogP contribution in [-0.4, -0.2) is 22.8 Å². The molecule has 0 aromatic heterocycles. The van der Waals surface area contributed by atoms with Crippen molar-refractivity contribution in [2.24, 2.45) is 11.3 Å². The third-order valence-corrected chi connectivity index (χ3v) is 3.76. The Kier molecular flexibility index (Phi) is 2.97. The molecule has 4 heteroatoms. The first-order valence-electron chi connectivity index (χ1n) is 6.08. The first kappa shape index (κ1) is 12.7. The van der Waals surface area contributed by atoms with E-state index in [4.69, 9.17) is 4.74 Å². The number of aromatic hydroxyl groups is 1. The molecule has 4 nitrogen and oxygen atoms in total. The molecule has 0 radical (unpaired) electrons. The lowest BCUT2D eigenvalue weighted by Gasteiger charge is -2.10. The smallest absolute Gasteiger partial charge is 0.307 e. The average molecular weight is 250 g/mol. The molecule has 2 rings (SSSR count). The fraction of sp³-hybridized carbons (Fsp3) is 0.500. The Bertz CT molecular complexity index is 479. The Morgan fingerprint density at radius 1 is 1.44 bits per heavy atom. The Morgan fingerprint density at radius 3 is 2.61 bits per heavy atom. The predicted molar refractivity (Wildman–Crippen MR) is 66.9 cm³/mol. The Labute approximate surface area is 106 Å². The van der Waals surface area contributed by atoms with Crippen LogP contribution in [0.5, 0.6) is 11.5 Å². The summed E-state index contributed by atoms with van der Waals surface area (Å²) in [6.07, 6.45) is 0. The van der Waals surface area contributed by atoms with Gasteiger partial charge in [0.15, 0.2) is 11.5 Å². The first-order valence-corrected chi connectivity index (χ1v) is 6.08. The molecule has 1 aliphatic rings. The van der Waals surface area contributed by atoms with Crippen molar-refractivity contribution >= 4 is 5.97 Å². The fourth-order valence-electron chi connectivity index (χ4n) is 2.74. The number of hydrogen-bond acceptors (Lipinski definition) is 3. The van der Waals surface area contributed by atoms with Gasteiger partial charge in [0.25, 0.3) is 0 Å². The van der Waals surface area contributed by atoms with Gasteiger partial charge in [0.05, 0.1) is 12.5 Å². The summed E-state index contributed by atoms with van der Waals surface area (Å²) in [6.45, 7) is 6.12. The van der Waals surface area contributed by atoms with E-state index in [0.717, 1.165) is 0 Å². The van der Waals surface area contributed by atoms with Gasteiger partial charge in [-0.05, 0) is 18.4 Å². The van der Waals surface area contributed by atoms with Crippen molar-refractivity contribution in [3.8, 4) is 11.5 Å². The number of aliphatic carboxylic acids is 1. The van der Waals surface area contributed by atoms with Gasteiger partial charge in [0.1, 0.15) is 0 Å². The molecule has 0 spiro atoms. The van der Waals surface area contributed by atoms with Gasteiger partial charge in [-0.2, -0.15) is 0 Å². The summed E-state index contributed by atoms with van der Waals surface area (Å²) in [5.41, 5.74) is 0.340. The van der Waals surface area contributed by atoms with E-state index in [-0.39, 0.29) is 17.1 Å². The van der Waals surface area contributed by atoms with Crippen molar-refractivity contribution in [2.45, 2.75) is 26.7 Å². The summed E-state index contributed by atoms with van der Waals surface area (Å²) in [5, 5.41) is 19.3. The van der Waals surface area contributed by atoms with Gasteiger partial charge in [-0.1, -0.05) is 26.0 Å². The van der Waals surface area contributed by atoms with Crippen LogP contribution >= 0.6 is 0 Å². The molecule has 1 saturated carbocycles. The van der Waals surface area contributed by atoms with Crippen molar-refractivity contribution in [3.05, 3.63) is 23.8 Å². The van der Waals surface area contributed by atoms with Gasteiger partial charge in [0, 0.05) is 11.5 Å². The third kappa shape index (κ3) is 1.82. The molecule has 0 amide bonds. The minimum Gasteiger partial charge on any atom is -0.504 e. The molecule has 0 saturated heterocycles. The van der Waals surface area contributed by atoms with E-state index in [1.54, 1.807) is 18.2 Å². The summed E-state index contributed by atoms with van der Waals surface area (Å²) in [6, 6.07) is 5.24. The molecular weight excluding hydrogens is 232 g/mol. The molecule has 1 aromatic carbocycles. The molecule has 98 valence electrons. The van der Waals surface area contributed by atoms with E-state index in [1.807, 2.05) is 20.8 Å². The van der Waals surface area contributed by atoms with E-state index in [0.29, 0.717) is 17.9 Å². The summed E-state index contributed by atoms with van der Waals surface area (Å²) in [5.74, 6) is -0.926. The zero-order valence-corrected chi connectivity index (χ0v) is 10.8. The second-order valence-electron chi connectivity index (χ2n) is 5.24. The highest BCUT2D eigenvalue weighted by Gasteiger charge is 2.63. The number of carbonyl (C=O) groups is 1. The molecule has 1 fully saturated rings. The maximum Gasteiger partial charge on any atom is 0.307 e. The Hall–Kier alpha value is -1.71. The number of rotatable bonds is 4. The minimum absolute atomic E-state index is 0.0705. The lowest BCUT2D eigenvalue weighted by Crippen LogP contribution is -2.03. The fourth-order valence-corrected chi connectivity index (χ4v) is 2.74. The van der Waals surface area contributed by atoms with Crippen molar-refractivity contribution in [3.63, 3.8) is 0 Å². The second kappa shape index (κ2) is 4.19. The molecule has 18 heavy (non-hydrogen) atoms. The monoisotopic (exact) mass is 250 g/mol. The van der Waals surface area contributed by atoms with Crippen LogP contribution in [0, 0.1) is 11.3 Å². The van der Waals surface area contributed by atoms with E-state index in [1.165, 1.54) is 0 Å². The van der Waals surface area contributed by atoms with Crippen molar-refractivity contribution in [2.75, 3.05) is 6.61 Å². The maximum absolute atomic E-state index is 11.2. The van der Waals surface area contributed by atoms with Gasteiger partial charge in [-0.25, -0.2) is 0 Å². The lowest BCUT2D eigenvalue weighted by molar-refractivity contribution is -0.139. The van der Waals surface area contributed by atoms with Gasteiger partial charge < -0.3 is 14.9 Å². The number of carboxylic acid groups (broad SMARTS) is 1. The van der Waals surface area contributed by atoms with Gasteiger partial charge in [-0.3, -0.25) is 4.79 Å². The lowest BCUT2D eigenvalue weighted by atomic mass is 10.0. The Morgan fingerprint density at radius 2 is 2.11 bits per heavy atom. The van der Waals surface area contributed by atoms with Crippen LogP contribution in [0.2, 0.25) is 0 Å². The number of benzene rings is 1. The van der Waals surface area contributed by atoms with Crippen LogP contribution in [0.1, 0.15) is 32.3 Å². The van der Waals surface area contributed by atoms with E-state index >= 15 is 0 Å². The van der Waals surface area contributed by atoms with E-state index in [9.17, 15) is 15.0 Å². The highest BCUT2D eigenvalue weighted by atomic mass is 16.5. The molecular formula is C14H18O4. The first-order chi connectivity index (χ1) is 8.41. The molecule has 1 aliphatic carbocycles. The summed E-state index contributed by atoms with van der Waals surface area (Å²) < 4.78 is 5.32. The molecule has 0 heterocycles. The molecule has 0 aliphatic heterocycles. The molecule has 2 unspecified atom stereocenters. The van der Waals surface area contributed by atoms with Crippen LogP contribution in [0.4, 0.5) is 0 Å². The predicted octanol–water partition coefficient (Wildman–Crippen LogP) is 2.62. The van der Waals surface area contributed by atoms with Gasteiger partial charge in [-0.15, -0.1) is 0 Å². The number of para-hydroxylation sites is 1. The van der Waals surface area contributed by atoms with Crippen LogP contribution < -0.4 is 4.74 Å². The van der Waals surface area contributed by atoms with Crippen molar-refractivity contribution < 1.29 is 19.7 Å². The number of phenolic OH excluding ortho intramolecular Hbond substituents is 1. The van der Waals surface area contributed by atoms with Crippen LogP contribution in [0.25, 0.3) is 0 Å².